The first-order chi connectivity index (χ1) is 9.02. The third kappa shape index (κ3) is 3.98. The molecule has 0 fully saturated rings. The molecule has 1 aromatic rings. The SMILES string of the molecule is CCCNC(c1cccc(F)c1F)C(OC)C(C)C. The monoisotopic (exact) mass is 271 g/mol. The molecule has 0 amide bonds. The van der Waals surface area contributed by atoms with E-state index >= 15 is 0 Å². The van der Waals surface area contributed by atoms with Crippen LogP contribution in [-0.2, 0) is 4.74 Å². The molecule has 2 unspecified atom stereocenters. The number of halogens is 2. The molecule has 4 heteroatoms. The molecule has 108 valence electrons. The van der Waals surface area contributed by atoms with Crippen molar-refractivity contribution in [3.63, 3.8) is 0 Å². The number of hydrogen-bond acceptors (Lipinski definition) is 2. The normalized spacial score (nSPS) is 14.7. The van der Waals surface area contributed by atoms with Crippen molar-refractivity contribution in [2.24, 2.45) is 5.92 Å². The van der Waals surface area contributed by atoms with E-state index in [0.29, 0.717) is 5.56 Å². The summed E-state index contributed by atoms with van der Waals surface area (Å²) in [5.74, 6) is -1.42. The van der Waals surface area contributed by atoms with Gasteiger partial charge in [0.25, 0.3) is 0 Å². The summed E-state index contributed by atoms with van der Waals surface area (Å²) in [4.78, 5) is 0. The van der Waals surface area contributed by atoms with Crippen LogP contribution in [0.15, 0.2) is 18.2 Å². The summed E-state index contributed by atoms with van der Waals surface area (Å²) in [6.45, 7) is 6.77. The second-order valence-electron chi connectivity index (χ2n) is 5.02. The minimum Gasteiger partial charge on any atom is -0.379 e. The zero-order chi connectivity index (χ0) is 14.4. The Morgan fingerprint density at radius 3 is 2.47 bits per heavy atom. The third-order valence-electron chi connectivity index (χ3n) is 3.19. The lowest BCUT2D eigenvalue weighted by Gasteiger charge is -2.30. The zero-order valence-electron chi connectivity index (χ0n) is 12.0. The first-order valence-corrected chi connectivity index (χ1v) is 6.73. The Hall–Kier alpha value is -1.00. The Balaban J connectivity index is 3.11. The lowest BCUT2D eigenvalue weighted by Crippen LogP contribution is -2.37. The van der Waals surface area contributed by atoms with Gasteiger partial charge in [0, 0.05) is 12.7 Å². The van der Waals surface area contributed by atoms with Gasteiger partial charge in [0.05, 0.1) is 12.1 Å². The van der Waals surface area contributed by atoms with Crippen LogP contribution in [-0.4, -0.2) is 19.8 Å². The van der Waals surface area contributed by atoms with Crippen molar-refractivity contribution < 1.29 is 13.5 Å². The molecule has 0 aliphatic carbocycles. The smallest absolute Gasteiger partial charge is 0.163 e. The van der Waals surface area contributed by atoms with Crippen molar-refractivity contribution in [1.29, 1.82) is 0 Å². The van der Waals surface area contributed by atoms with Crippen molar-refractivity contribution in [3.8, 4) is 0 Å². The van der Waals surface area contributed by atoms with E-state index < -0.39 is 11.6 Å². The van der Waals surface area contributed by atoms with Gasteiger partial charge in [0.1, 0.15) is 0 Å². The van der Waals surface area contributed by atoms with Crippen molar-refractivity contribution in [3.05, 3.63) is 35.4 Å². The molecule has 0 saturated carbocycles. The number of ether oxygens (including phenoxy) is 1. The van der Waals surface area contributed by atoms with Crippen LogP contribution in [0.25, 0.3) is 0 Å². The number of nitrogens with one attached hydrogen (secondary N) is 1. The predicted molar refractivity (Wildman–Crippen MR) is 73.0 cm³/mol. The molecule has 0 saturated heterocycles. The summed E-state index contributed by atoms with van der Waals surface area (Å²) in [6.07, 6.45) is 0.713. The molecular formula is C15H23F2NO. The fourth-order valence-corrected chi connectivity index (χ4v) is 2.26. The summed E-state index contributed by atoms with van der Waals surface area (Å²) in [5.41, 5.74) is 0.328. The molecule has 0 heterocycles. The Kier molecular flexibility index (Phi) is 6.38. The van der Waals surface area contributed by atoms with Crippen LogP contribution in [0.5, 0.6) is 0 Å². The molecule has 0 spiro atoms. The highest BCUT2D eigenvalue weighted by Gasteiger charge is 2.28. The van der Waals surface area contributed by atoms with E-state index in [0.717, 1.165) is 19.0 Å². The van der Waals surface area contributed by atoms with E-state index in [9.17, 15) is 8.78 Å². The number of rotatable bonds is 7. The molecule has 19 heavy (non-hydrogen) atoms. The van der Waals surface area contributed by atoms with Gasteiger partial charge in [0.15, 0.2) is 11.6 Å². The van der Waals surface area contributed by atoms with E-state index in [4.69, 9.17) is 4.74 Å². The molecule has 2 atom stereocenters. The quantitative estimate of drug-likeness (QED) is 0.817. The summed E-state index contributed by atoms with van der Waals surface area (Å²) in [6, 6.07) is 3.93. The number of benzene rings is 1. The van der Waals surface area contributed by atoms with Gasteiger partial charge in [-0.2, -0.15) is 0 Å². The van der Waals surface area contributed by atoms with E-state index in [2.05, 4.69) is 5.32 Å². The van der Waals surface area contributed by atoms with Crippen LogP contribution in [0, 0.1) is 17.6 Å². The molecule has 1 aromatic carbocycles. The first kappa shape index (κ1) is 16.1. The summed E-state index contributed by atoms with van der Waals surface area (Å²) >= 11 is 0. The van der Waals surface area contributed by atoms with Gasteiger partial charge in [-0.1, -0.05) is 32.9 Å². The highest BCUT2D eigenvalue weighted by atomic mass is 19.2. The molecule has 0 aliphatic heterocycles. The topological polar surface area (TPSA) is 21.3 Å². The van der Waals surface area contributed by atoms with Crippen LogP contribution in [0.4, 0.5) is 8.78 Å². The van der Waals surface area contributed by atoms with Gasteiger partial charge in [-0.3, -0.25) is 0 Å². The van der Waals surface area contributed by atoms with Gasteiger partial charge < -0.3 is 10.1 Å². The van der Waals surface area contributed by atoms with Crippen molar-refractivity contribution in [2.75, 3.05) is 13.7 Å². The Labute approximate surface area is 114 Å². The van der Waals surface area contributed by atoms with E-state index in [1.54, 1.807) is 13.2 Å². The van der Waals surface area contributed by atoms with Crippen LogP contribution in [0.3, 0.4) is 0 Å². The Morgan fingerprint density at radius 1 is 1.26 bits per heavy atom. The first-order valence-electron chi connectivity index (χ1n) is 6.73. The average molecular weight is 271 g/mol. The van der Waals surface area contributed by atoms with Crippen molar-refractivity contribution in [2.45, 2.75) is 39.3 Å². The molecule has 0 bridgehead atoms. The van der Waals surface area contributed by atoms with Gasteiger partial charge in [0.2, 0.25) is 0 Å². The largest absolute Gasteiger partial charge is 0.379 e. The molecule has 0 aromatic heterocycles. The van der Waals surface area contributed by atoms with Crippen LogP contribution in [0.1, 0.15) is 38.8 Å². The van der Waals surface area contributed by atoms with Crippen molar-refractivity contribution in [1.82, 2.24) is 5.32 Å². The maximum Gasteiger partial charge on any atom is 0.163 e. The highest BCUT2D eigenvalue weighted by Crippen LogP contribution is 2.27. The maximum absolute atomic E-state index is 14.0. The van der Waals surface area contributed by atoms with E-state index in [-0.39, 0.29) is 18.1 Å². The molecular weight excluding hydrogens is 248 g/mol. The van der Waals surface area contributed by atoms with Gasteiger partial charge >= 0.3 is 0 Å². The fraction of sp³-hybridized carbons (Fsp3) is 0.600. The minimum atomic E-state index is -0.820. The summed E-state index contributed by atoms with van der Waals surface area (Å²) < 4.78 is 32.8. The minimum absolute atomic E-state index is 0.196. The summed E-state index contributed by atoms with van der Waals surface area (Å²) in [7, 11) is 1.60. The molecule has 0 radical (unpaired) electrons. The van der Waals surface area contributed by atoms with Crippen LogP contribution in [0.2, 0.25) is 0 Å². The molecule has 2 nitrogen and oxygen atoms in total. The Morgan fingerprint density at radius 2 is 1.95 bits per heavy atom. The molecule has 1 rings (SSSR count). The lowest BCUT2D eigenvalue weighted by molar-refractivity contribution is 0.0315. The second-order valence-corrected chi connectivity index (χ2v) is 5.02. The second kappa shape index (κ2) is 7.56. The van der Waals surface area contributed by atoms with Crippen molar-refractivity contribution >= 4 is 0 Å². The molecule has 1 N–H and O–H groups in total. The number of methoxy groups -OCH3 is 1. The van der Waals surface area contributed by atoms with Crippen LogP contribution >= 0.6 is 0 Å². The lowest BCUT2D eigenvalue weighted by atomic mass is 9.93. The van der Waals surface area contributed by atoms with E-state index in [1.165, 1.54) is 6.07 Å². The number of hydrogen-bond donors (Lipinski definition) is 1. The van der Waals surface area contributed by atoms with E-state index in [1.807, 2.05) is 20.8 Å². The third-order valence-corrected chi connectivity index (χ3v) is 3.19. The standard InChI is InChI=1S/C15H23F2NO/c1-5-9-18-14(15(19-4)10(2)3)11-7-6-8-12(16)13(11)17/h6-8,10,14-15,18H,5,9H2,1-4H3. The average Bonchev–Trinajstić information content (AvgIpc) is 2.37. The predicted octanol–water partition coefficient (Wildman–Crippen LogP) is 3.68. The Bertz CT molecular complexity index is 396. The maximum atomic E-state index is 14.0. The zero-order valence-corrected chi connectivity index (χ0v) is 12.0. The van der Waals surface area contributed by atoms with Gasteiger partial charge in [-0.05, 0) is 24.9 Å². The van der Waals surface area contributed by atoms with Crippen LogP contribution < -0.4 is 5.32 Å². The summed E-state index contributed by atoms with van der Waals surface area (Å²) in [5, 5.41) is 3.25. The highest BCUT2D eigenvalue weighted by molar-refractivity contribution is 5.24. The van der Waals surface area contributed by atoms with Gasteiger partial charge in [-0.15, -0.1) is 0 Å². The fourth-order valence-electron chi connectivity index (χ4n) is 2.26. The molecule has 0 aliphatic rings. The van der Waals surface area contributed by atoms with Gasteiger partial charge in [-0.25, -0.2) is 8.78 Å².